The number of para-hydroxylation sites is 1. The third-order valence-corrected chi connectivity index (χ3v) is 10.5. The summed E-state index contributed by atoms with van der Waals surface area (Å²) >= 11 is 1.19. The maximum Gasteiger partial charge on any atom is 0.254 e. The van der Waals surface area contributed by atoms with Crippen molar-refractivity contribution in [2.75, 3.05) is 23.3 Å². The highest BCUT2D eigenvalue weighted by molar-refractivity contribution is 7.90. The molecule has 0 radical (unpaired) electrons. The minimum atomic E-state index is -3.74. The van der Waals surface area contributed by atoms with E-state index in [1.165, 1.54) is 29.7 Å². The van der Waals surface area contributed by atoms with Gasteiger partial charge in [0.2, 0.25) is 15.9 Å². The number of amides is 2. The lowest BCUT2D eigenvalue weighted by Gasteiger charge is -2.37. The predicted molar refractivity (Wildman–Crippen MR) is 176 cm³/mol. The molecule has 1 aliphatic rings. The van der Waals surface area contributed by atoms with Gasteiger partial charge in [-0.1, -0.05) is 32.0 Å². The highest BCUT2D eigenvalue weighted by Gasteiger charge is 2.29. The lowest BCUT2D eigenvalue weighted by molar-refractivity contribution is -0.118. The van der Waals surface area contributed by atoms with Crippen LogP contribution in [0.4, 0.5) is 15.2 Å². The second kappa shape index (κ2) is 12.9. The normalized spacial score (nSPS) is 18.0. The number of morpholine rings is 1. The summed E-state index contributed by atoms with van der Waals surface area (Å²) in [5, 5.41) is 7.38. The van der Waals surface area contributed by atoms with E-state index in [1.807, 2.05) is 19.9 Å². The summed E-state index contributed by atoms with van der Waals surface area (Å²) in [5.41, 5.74) is 2.35. The van der Waals surface area contributed by atoms with E-state index >= 15 is 0 Å². The van der Waals surface area contributed by atoms with Gasteiger partial charge in [0, 0.05) is 41.3 Å². The summed E-state index contributed by atoms with van der Waals surface area (Å²) in [7, 11) is -3.74. The molecule has 1 fully saturated rings. The molecule has 240 valence electrons. The maximum absolute atomic E-state index is 14.7. The van der Waals surface area contributed by atoms with Gasteiger partial charge in [0.15, 0.2) is 5.13 Å². The van der Waals surface area contributed by atoms with Gasteiger partial charge in [-0.05, 0) is 57.9 Å². The molecule has 0 bridgehead atoms. The number of rotatable bonds is 9. The molecular weight excluding hydrogens is 618 g/mol. The van der Waals surface area contributed by atoms with Crippen LogP contribution in [-0.2, 0) is 19.6 Å². The zero-order valence-electron chi connectivity index (χ0n) is 26.1. The van der Waals surface area contributed by atoms with Crippen LogP contribution in [0, 0.1) is 11.7 Å². The number of benzene rings is 2. The van der Waals surface area contributed by atoms with Gasteiger partial charge in [-0.3, -0.25) is 9.59 Å². The fourth-order valence-electron chi connectivity index (χ4n) is 5.46. The van der Waals surface area contributed by atoms with Gasteiger partial charge in [0.25, 0.3) is 5.91 Å². The summed E-state index contributed by atoms with van der Waals surface area (Å²) in [5.74, 6) is -1.74. The number of nitrogens with one attached hydrogen (secondary N) is 2. The molecule has 0 aliphatic carbocycles. The van der Waals surface area contributed by atoms with E-state index in [4.69, 9.17) is 4.74 Å². The number of nitrogens with zero attached hydrogens (tertiary/aromatic N) is 3. The molecule has 3 heterocycles. The van der Waals surface area contributed by atoms with E-state index in [-0.39, 0.29) is 23.7 Å². The largest absolute Gasteiger partial charge is 0.372 e. The number of carbonyl (C=O) groups excluding carboxylic acids is 2. The molecule has 2 aromatic heterocycles. The van der Waals surface area contributed by atoms with Crippen LogP contribution in [0.5, 0.6) is 0 Å². The Balaban J connectivity index is 1.34. The van der Waals surface area contributed by atoms with Crippen molar-refractivity contribution in [2.45, 2.75) is 65.0 Å². The summed E-state index contributed by atoms with van der Waals surface area (Å²) in [6, 6.07) is 10.6. The number of fused-ring (bicyclic) bond motifs is 1. The predicted octanol–water partition coefficient (Wildman–Crippen LogP) is 5.50. The van der Waals surface area contributed by atoms with E-state index in [0.717, 1.165) is 9.66 Å². The maximum atomic E-state index is 14.7. The monoisotopic (exact) mass is 655 g/mol. The van der Waals surface area contributed by atoms with Crippen LogP contribution in [0.3, 0.4) is 0 Å². The van der Waals surface area contributed by atoms with Crippen molar-refractivity contribution in [2.24, 2.45) is 5.92 Å². The first kappa shape index (κ1) is 32.6. The molecule has 2 N–H and O–H groups in total. The van der Waals surface area contributed by atoms with E-state index in [1.54, 1.807) is 57.3 Å². The highest BCUT2D eigenvalue weighted by atomic mass is 32.2. The summed E-state index contributed by atoms with van der Waals surface area (Å²) in [6.45, 7) is 12.0. The summed E-state index contributed by atoms with van der Waals surface area (Å²) < 4.78 is 47.7. The molecule has 0 saturated carbocycles. The SMILES string of the molecule is CC(C)C(NC(=O)c1cn(S(=O)(=O)C(C)C)c2ccccc12)C(=O)Nc1nc(-c2cc(F)cc(N3C[C@@H](C)O[C@@H](C)C3)c2)cs1. The van der Waals surface area contributed by atoms with E-state index in [2.05, 4.69) is 20.5 Å². The van der Waals surface area contributed by atoms with Gasteiger partial charge in [0.1, 0.15) is 11.9 Å². The third-order valence-electron chi connectivity index (χ3n) is 7.73. The molecule has 0 spiro atoms. The van der Waals surface area contributed by atoms with Crippen LogP contribution < -0.4 is 15.5 Å². The van der Waals surface area contributed by atoms with Crippen LogP contribution in [0.1, 0.15) is 51.9 Å². The molecule has 2 aromatic carbocycles. The van der Waals surface area contributed by atoms with Crippen molar-refractivity contribution in [1.82, 2.24) is 14.3 Å². The smallest absolute Gasteiger partial charge is 0.254 e. The Hall–Kier alpha value is -3.81. The number of aromatic nitrogens is 2. The van der Waals surface area contributed by atoms with E-state index in [9.17, 15) is 22.4 Å². The van der Waals surface area contributed by atoms with Gasteiger partial charge in [-0.15, -0.1) is 11.3 Å². The molecule has 1 aliphatic heterocycles. The molecule has 2 amide bonds. The standard InChI is InChI=1S/C32H38FN5O5S2/c1-18(2)29(35-30(39)26-16-38(45(41,42)19(3)4)28-10-8-7-9-25(26)28)31(40)36-32-34-27(17-44-32)22-11-23(33)13-24(12-22)37-14-20(5)43-21(6)15-37/h7-13,16-21,29H,14-15H2,1-6H3,(H,35,39)(H,34,36,40)/t20-,21+,29?. The van der Waals surface area contributed by atoms with Crippen molar-refractivity contribution >= 4 is 54.9 Å². The minimum absolute atomic E-state index is 0.0164. The first-order chi connectivity index (χ1) is 21.2. The van der Waals surface area contributed by atoms with Crippen molar-refractivity contribution in [1.29, 1.82) is 0 Å². The zero-order valence-corrected chi connectivity index (χ0v) is 27.7. The molecule has 1 saturated heterocycles. The number of anilines is 2. The van der Waals surface area contributed by atoms with Gasteiger partial charge >= 0.3 is 0 Å². The van der Waals surface area contributed by atoms with Crippen LogP contribution >= 0.6 is 11.3 Å². The summed E-state index contributed by atoms with van der Waals surface area (Å²) in [4.78, 5) is 33.6. The number of ether oxygens (including phenoxy) is 1. The van der Waals surface area contributed by atoms with Gasteiger partial charge in [-0.2, -0.15) is 0 Å². The Labute approximate surface area is 266 Å². The molecule has 3 atom stereocenters. The Bertz CT molecular complexity index is 1820. The number of halogens is 1. The van der Waals surface area contributed by atoms with Crippen LogP contribution in [0.25, 0.3) is 22.2 Å². The number of hydrogen-bond donors (Lipinski definition) is 2. The summed E-state index contributed by atoms with van der Waals surface area (Å²) in [6.07, 6.45) is 1.34. The first-order valence-electron chi connectivity index (χ1n) is 14.9. The number of hydrogen-bond acceptors (Lipinski definition) is 8. The van der Waals surface area contributed by atoms with Crippen molar-refractivity contribution < 1.29 is 27.1 Å². The molecule has 10 nitrogen and oxygen atoms in total. The molecule has 4 aromatic rings. The quantitative estimate of drug-likeness (QED) is 0.244. The Morgan fingerprint density at radius 1 is 1.07 bits per heavy atom. The van der Waals surface area contributed by atoms with Crippen LogP contribution in [0.2, 0.25) is 0 Å². The van der Waals surface area contributed by atoms with Crippen LogP contribution in [-0.4, -0.2) is 65.8 Å². The Kier molecular flexibility index (Phi) is 9.33. The number of thiazole rings is 1. The number of carbonyl (C=O) groups is 2. The first-order valence-corrected chi connectivity index (χ1v) is 17.3. The molecule has 5 rings (SSSR count). The third kappa shape index (κ3) is 6.90. The van der Waals surface area contributed by atoms with Gasteiger partial charge in [-0.25, -0.2) is 21.8 Å². The molecule has 1 unspecified atom stereocenters. The lowest BCUT2D eigenvalue weighted by atomic mass is 10.0. The lowest BCUT2D eigenvalue weighted by Crippen LogP contribution is -2.47. The Morgan fingerprint density at radius 3 is 2.42 bits per heavy atom. The van der Waals surface area contributed by atoms with E-state index in [0.29, 0.717) is 40.4 Å². The van der Waals surface area contributed by atoms with E-state index < -0.39 is 38.9 Å². The van der Waals surface area contributed by atoms with Gasteiger partial charge < -0.3 is 20.3 Å². The topological polar surface area (TPSA) is 123 Å². The van der Waals surface area contributed by atoms with Gasteiger partial charge in [0.05, 0.1) is 34.2 Å². The fraction of sp³-hybridized carbons (Fsp3) is 0.406. The average molecular weight is 656 g/mol. The average Bonchev–Trinajstić information content (AvgIpc) is 3.60. The van der Waals surface area contributed by atoms with Crippen LogP contribution in [0.15, 0.2) is 54.0 Å². The molecular formula is C32H38FN5O5S2. The van der Waals surface area contributed by atoms with Crippen molar-refractivity contribution in [3.8, 4) is 11.3 Å². The fourth-order valence-corrected chi connectivity index (χ4v) is 7.33. The van der Waals surface area contributed by atoms with Crippen molar-refractivity contribution in [3.05, 3.63) is 65.4 Å². The second-order valence-corrected chi connectivity index (χ2v) is 15.3. The minimum Gasteiger partial charge on any atom is -0.372 e. The van der Waals surface area contributed by atoms with Crippen molar-refractivity contribution in [3.63, 3.8) is 0 Å². The molecule has 13 heteroatoms. The highest BCUT2D eigenvalue weighted by Crippen LogP contribution is 2.31. The Morgan fingerprint density at radius 2 is 1.76 bits per heavy atom. The second-order valence-electron chi connectivity index (χ2n) is 12.0. The zero-order chi connectivity index (χ0) is 32.6. The molecule has 45 heavy (non-hydrogen) atoms.